The number of nitrogens with zero attached hydrogens (tertiary/aromatic N) is 3. The lowest BCUT2D eigenvalue weighted by Crippen LogP contribution is -2.46. The van der Waals surface area contributed by atoms with Crippen LogP contribution in [-0.2, 0) is 6.42 Å². The summed E-state index contributed by atoms with van der Waals surface area (Å²) in [5.41, 5.74) is 5.37. The summed E-state index contributed by atoms with van der Waals surface area (Å²) in [4.78, 5) is 20.9. The molecule has 6 nitrogen and oxygen atoms in total. The number of anilines is 1. The summed E-state index contributed by atoms with van der Waals surface area (Å²) in [6, 6.07) is 25.3. The molecule has 1 N–H and O–H groups in total. The first-order valence-electron chi connectivity index (χ1n) is 11.5. The molecule has 1 unspecified atom stereocenters. The van der Waals surface area contributed by atoms with E-state index in [4.69, 9.17) is 9.51 Å². The van der Waals surface area contributed by atoms with E-state index >= 15 is 0 Å². The lowest BCUT2D eigenvalue weighted by molar-refractivity contribution is 0.244. The Hall–Kier alpha value is -3.84. The fourth-order valence-corrected chi connectivity index (χ4v) is 4.77. The normalized spacial score (nSPS) is 15.9. The van der Waals surface area contributed by atoms with Gasteiger partial charge in [0.2, 0.25) is 5.82 Å². The first-order valence-corrected chi connectivity index (χ1v) is 12.7. The molecule has 4 aromatic rings. The number of aryl methyl sites for hydroxylation is 1. The molecule has 0 spiro atoms. The molecule has 5 rings (SSSR count). The zero-order valence-electron chi connectivity index (χ0n) is 19.9. The predicted molar refractivity (Wildman–Crippen MR) is 140 cm³/mol. The van der Waals surface area contributed by atoms with E-state index in [2.05, 4.69) is 41.7 Å². The molecule has 0 saturated carbocycles. The molecule has 0 fully saturated rings. The number of urea groups is 1. The molecule has 0 radical (unpaired) electrons. The summed E-state index contributed by atoms with van der Waals surface area (Å²) < 4.78 is 5.79. The maximum atomic E-state index is 13.4. The first-order chi connectivity index (χ1) is 17.1. The van der Waals surface area contributed by atoms with E-state index in [1.54, 1.807) is 16.7 Å². The smallest absolute Gasteiger partial charge is 0.326 e. The van der Waals surface area contributed by atoms with Crippen LogP contribution in [0.4, 0.5) is 10.5 Å². The number of rotatable bonds is 6. The van der Waals surface area contributed by atoms with E-state index in [0.29, 0.717) is 11.7 Å². The summed E-state index contributed by atoms with van der Waals surface area (Å²) in [5.74, 6) is 0.894. The molecule has 0 saturated heterocycles. The van der Waals surface area contributed by atoms with Crippen molar-refractivity contribution < 1.29 is 9.32 Å². The standard InChI is InChI=1S/C28H26N4O2S/c1-4-19-13-15-20(16-14-19)25-24(27-30-26(31-34-27)21-9-6-5-7-10-21)18(2)32(28(33)29-25)22-11-8-12-23(17-22)35-3/h5-17,25H,4H2,1-3H3,(H,29,33). The van der Waals surface area contributed by atoms with E-state index in [1.165, 1.54) is 5.56 Å². The van der Waals surface area contributed by atoms with Gasteiger partial charge in [0.1, 0.15) is 0 Å². The fraction of sp³-hybridized carbons (Fsp3) is 0.179. The summed E-state index contributed by atoms with van der Waals surface area (Å²) in [5, 5.41) is 7.42. The maximum Gasteiger partial charge on any atom is 0.326 e. The minimum atomic E-state index is -0.419. The fourth-order valence-electron chi connectivity index (χ4n) is 4.31. The van der Waals surface area contributed by atoms with E-state index in [1.807, 2.05) is 67.8 Å². The van der Waals surface area contributed by atoms with Gasteiger partial charge in [-0.15, -0.1) is 11.8 Å². The Morgan fingerprint density at radius 2 is 1.80 bits per heavy atom. The second-order valence-corrected chi connectivity index (χ2v) is 9.18. The van der Waals surface area contributed by atoms with Crippen LogP contribution in [0.5, 0.6) is 0 Å². The number of amides is 2. The molecule has 2 heterocycles. The molecule has 1 aliphatic heterocycles. The van der Waals surface area contributed by atoms with Crippen LogP contribution in [0.1, 0.15) is 36.9 Å². The van der Waals surface area contributed by atoms with Gasteiger partial charge in [-0.3, -0.25) is 4.90 Å². The highest BCUT2D eigenvalue weighted by atomic mass is 32.2. The van der Waals surface area contributed by atoms with Crippen LogP contribution in [-0.4, -0.2) is 22.4 Å². The summed E-state index contributed by atoms with van der Waals surface area (Å²) in [6.45, 7) is 4.05. The Morgan fingerprint density at radius 3 is 2.51 bits per heavy atom. The molecule has 1 atom stereocenters. The van der Waals surface area contributed by atoms with Gasteiger partial charge in [-0.2, -0.15) is 4.98 Å². The zero-order valence-corrected chi connectivity index (χ0v) is 20.7. The number of hydrogen-bond donors (Lipinski definition) is 1. The average molecular weight is 483 g/mol. The van der Waals surface area contributed by atoms with Crippen molar-refractivity contribution in [2.45, 2.75) is 31.2 Å². The van der Waals surface area contributed by atoms with Gasteiger partial charge in [0.15, 0.2) is 0 Å². The van der Waals surface area contributed by atoms with Crippen LogP contribution in [0.3, 0.4) is 0 Å². The Balaban J connectivity index is 1.65. The Bertz CT molecular complexity index is 1380. The Morgan fingerprint density at radius 1 is 1.03 bits per heavy atom. The lowest BCUT2D eigenvalue weighted by atomic mass is 9.93. The molecular formula is C28H26N4O2S. The van der Waals surface area contributed by atoms with Crippen LogP contribution < -0.4 is 10.2 Å². The van der Waals surface area contributed by atoms with E-state index < -0.39 is 6.04 Å². The molecule has 1 aliphatic rings. The molecular weight excluding hydrogens is 456 g/mol. The van der Waals surface area contributed by atoms with Crippen molar-refractivity contribution in [3.63, 3.8) is 0 Å². The molecule has 7 heteroatoms. The van der Waals surface area contributed by atoms with Gasteiger partial charge < -0.3 is 9.84 Å². The lowest BCUT2D eigenvalue weighted by Gasteiger charge is -2.35. The predicted octanol–water partition coefficient (Wildman–Crippen LogP) is 6.72. The minimum absolute atomic E-state index is 0.197. The third kappa shape index (κ3) is 4.47. The third-order valence-corrected chi connectivity index (χ3v) is 6.93. The molecule has 176 valence electrons. The second kappa shape index (κ2) is 9.80. The van der Waals surface area contributed by atoms with Crippen molar-refractivity contribution in [3.8, 4) is 11.4 Å². The van der Waals surface area contributed by atoms with E-state index in [-0.39, 0.29) is 6.03 Å². The van der Waals surface area contributed by atoms with E-state index in [0.717, 1.165) is 39.4 Å². The Kier molecular flexibility index (Phi) is 6.42. The average Bonchev–Trinajstić information content (AvgIpc) is 3.39. The van der Waals surface area contributed by atoms with Crippen molar-refractivity contribution in [3.05, 3.63) is 102 Å². The number of thioether (sulfide) groups is 1. The maximum absolute atomic E-state index is 13.4. The zero-order chi connectivity index (χ0) is 24.4. The largest absolute Gasteiger partial charge is 0.334 e. The molecule has 0 bridgehead atoms. The number of hydrogen-bond acceptors (Lipinski definition) is 5. The number of benzene rings is 3. The summed E-state index contributed by atoms with van der Waals surface area (Å²) in [7, 11) is 0. The van der Waals surface area contributed by atoms with Gasteiger partial charge in [0.25, 0.3) is 5.89 Å². The molecule has 0 aliphatic carbocycles. The van der Waals surface area contributed by atoms with Crippen molar-refractivity contribution >= 4 is 29.1 Å². The number of carbonyl (C=O) groups excluding carboxylic acids is 1. The highest BCUT2D eigenvalue weighted by Crippen LogP contribution is 2.39. The number of nitrogens with one attached hydrogen (secondary N) is 1. The molecule has 3 aromatic carbocycles. The number of carbonyl (C=O) groups is 1. The highest BCUT2D eigenvalue weighted by molar-refractivity contribution is 7.98. The van der Waals surface area contributed by atoms with Gasteiger partial charge in [-0.1, -0.05) is 72.7 Å². The van der Waals surface area contributed by atoms with Crippen molar-refractivity contribution in [1.82, 2.24) is 15.5 Å². The van der Waals surface area contributed by atoms with Crippen molar-refractivity contribution in [2.75, 3.05) is 11.2 Å². The van der Waals surface area contributed by atoms with Gasteiger partial charge in [0, 0.05) is 16.2 Å². The summed E-state index contributed by atoms with van der Waals surface area (Å²) >= 11 is 1.63. The van der Waals surface area contributed by atoms with Crippen LogP contribution in [0.15, 0.2) is 94.0 Å². The quantitative estimate of drug-likeness (QED) is 0.309. The molecule has 2 amide bonds. The second-order valence-electron chi connectivity index (χ2n) is 8.30. The molecule has 35 heavy (non-hydrogen) atoms. The van der Waals surface area contributed by atoms with Gasteiger partial charge in [-0.25, -0.2) is 4.79 Å². The van der Waals surface area contributed by atoms with Crippen LogP contribution in [0, 0.1) is 0 Å². The van der Waals surface area contributed by atoms with E-state index in [9.17, 15) is 4.79 Å². The number of aromatic nitrogens is 2. The first kappa shape index (κ1) is 22.9. The monoisotopic (exact) mass is 482 g/mol. The van der Waals surface area contributed by atoms with Crippen LogP contribution in [0.25, 0.3) is 17.0 Å². The SMILES string of the molecule is CCc1ccc(C2NC(=O)N(c3cccc(SC)c3)C(C)=C2c2nc(-c3ccccc3)no2)cc1. The van der Waals surface area contributed by atoms with Gasteiger partial charge in [0.05, 0.1) is 17.3 Å². The third-order valence-electron chi connectivity index (χ3n) is 6.21. The van der Waals surface area contributed by atoms with Crippen molar-refractivity contribution in [2.24, 2.45) is 0 Å². The minimum Gasteiger partial charge on any atom is -0.334 e. The van der Waals surface area contributed by atoms with Crippen molar-refractivity contribution in [1.29, 1.82) is 0 Å². The molecule has 1 aromatic heterocycles. The van der Waals surface area contributed by atoms with Gasteiger partial charge >= 0.3 is 6.03 Å². The summed E-state index contributed by atoms with van der Waals surface area (Å²) in [6.07, 6.45) is 2.96. The highest BCUT2D eigenvalue weighted by Gasteiger charge is 2.36. The topological polar surface area (TPSA) is 71.3 Å². The van der Waals surface area contributed by atoms with Crippen LogP contribution in [0.2, 0.25) is 0 Å². The Labute approximate surface area is 209 Å². The number of allylic oxidation sites excluding steroid dienone is 1. The van der Waals surface area contributed by atoms with Crippen LogP contribution >= 0.6 is 11.8 Å². The van der Waals surface area contributed by atoms with Gasteiger partial charge in [-0.05, 0) is 48.9 Å².